The van der Waals surface area contributed by atoms with Gasteiger partial charge in [0.05, 0.1) is 24.9 Å². The third-order valence-corrected chi connectivity index (χ3v) is 5.11. The number of hydrogen-bond acceptors (Lipinski definition) is 5. The number of carbonyl (C=O) groups excluding carboxylic acids is 1. The van der Waals surface area contributed by atoms with Crippen molar-refractivity contribution in [1.29, 1.82) is 0 Å². The van der Waals surface area contributed by atoms with Gasteiger partial charge in [0.1, 0.15) is 0 Å². The van der Waals surface area contributed by atoms with Crippen molar-refractivity contribution in [2.45, 2.75) is 58.0 Å². The van der Waals surface area contributed by atoms with Gasteiger partial charge in [-0.25, -0.2) is 4.79 Å². The maximum absolute atomic E-state index is 12.1. The fourth-order valence-corrected chi connectivity index (χ4v) is 3.53. The Kier molecular flexibility index (Phi) is 8.23. The molecule has 1 aliphatic heterocycles. The van der Waals surface area contributed by atoms with E-state index in [9.17, 15) is 9.90 Å². The molecule has 2 atom stereocenters. The van der Waals surface area contributed by atoms with Crippen LogP contribution >= 0.6 is 0 Å². The summed E-state index contributed by atoms with van der Waals surface area (Å²) < 4.78 is 16.6. The zero-order valence-electron chi connectivity index (χ0n) is 17.0. The van der Waals surface area contributed by atoms with Crippen LogP contribution in [-0.2, 0) is 27.2 Å². The van der Waals surface area contributed by atoms with E-state index < -0.39 is 6.10 Å². The van der Waals surface area contributed by atoms with E-state index in [-0.39, 0.29) is 12.3 Å². The summed E-state index contributed by atoms with van der Waals surface area (Å²) >= 11 is 0. The van der Waals surface area contributed by atoms with Crippen molar-refractivity contribution < 1.29 is 24.1 Å². The van der Waals surface area contributed by atoms with Crippen molar-refractivity contribution in [1.82, 2.24) is 0 Å². The largest absolute Gasteiger partial charge is 0.462 e. The van der Waals surface area contributed by atoms with Gasteiger partial charge in [-0.1, -0.05) is 42.5 Å². The maximum Gasteiger partial charge on any atom is 0.338 e. The Balaban J connectivity index is 1.57. The Morgan fingerprint density at radius 3 is 2.86 bits per heavy atom. The van der Waals surface area contributed by atoms with Crippen molar-refractivity contribution in [3.63, 3.8) is 0 Å². The summed E-state index contributed by atoms with van der Waals surface area (Å²) in [7, 11) is 0. The van der Waals surface area contributed by atoms with E-state index in [4.69, 9.17) is 14.2 Å². The van der Waals surface area contributed by atoms with Crippen LogP contribution in [-0.4, -0.2) is 30.6 Å². The second-order valence-corrected chi connectivity index (χ2v) is 7.28. The third-order valence-electron chi connectivity index (χ3n) is 5.11. The number of carbonyl (C=O) groups is 1. The minimum absolute atomic E-state index is 0.128. The molecule has 2 aromatic carbocycles. The minimum Gasteiger partial charge on any atom is -0.462 e. The predicted molar refractivity (Wildman–Crippen MR) is 111 cm³/mol. The number of aliphatic hydroxyl groups excluding tert-OH is 1. The molecule has 1 heterocycles. The van der Waals surface area contributed by atoms with Crippen LogP contribution in [0.15, 0.2) is 48.5 Å². The summed E-state index contributed by atoms with van der Waals surface area (Å²) in [5.74, 6) is -0.318. The van der Waals surface area contributed by atoms with Gasteiger partial charge in [-0.15, -0.1) is 0 Å². The lowest BCUT2D eigenvalue weighted by molar-refractivity contribution is -0.168. The van der Waals surface area contributed by atoms with Gasteiger partial charge in [0.15, 0.2) is 6.29 Å². The quantitative estimate of drug-likeness (QED) is 0.627. The van der Waals surface area contributed by atoms with Crippen molar-refractivity contribution in [3.8, 4) is 0 Å². The molecule has 0 aromatic heterocycles. The van der Waals surface area contributed by atoms with Crippen molar-refractivity contribution >= 4 is 5.97 Å². The lowest BCUT2D eigenvalue weighted by Gasteiger charge is -2.23. The highest BCUT2D eigenvalue weighted by Crippen LogP contribution is 2.23. The summed E-state index contributed by atoms with van der Waals surface area (Å²) in [6, 6.07) is 15.2. The molecule has 1 N–H and O–H groups in total. The lowest BCUT2D eigenvalue weighted by Crippen LogP contribution is -2.22. The normalized spacial score (nSPS) is 17.7. The van der Waals surface area contributed by atoms with Gasteiger partial charge in [-0.2, -0.15) is 0 Å². The smallest absolute Gasteiger partial charge is 0.338 e. The molecule has 1 saturated heterocycles. The van der Waals surface area contributed by atoms with Gasteiger partial charge in [0.25, 0.3) is 0 Å². The molecule has 0 amide bonds. The molecule has 0 spiro atoms. The van der Waals surface area contributed by atoms with E-state index >= 15 is 0 Å². The molecular formula is C24H30O5. The van der Waals surface area contributed by atoms with E-state index in [1.807, 2.05) is 42.5 Å². The van der Waals surface area contributed by atoms with Gasteiger partial charge < -0.3 is 19.3 Å². The van der Waals surface area contributed by atoms with Crippen LogP contribution in [0.2, 0.25) is 0 Å². The first-order valence-electron chi connectivity index (χ1n) is 10.4. The molecule has 3 rings (SSSR count). The van der Waals surface area contributed by atoms with Gasteiger partial charge in [-0.3, -0.25) is 0 Å². The van der Waals surface area contributed by atoms with Gasteiger partial charge in [-0.05, 0) is 61.8 Å². The Morgan fingerprint density at radius 2 is 2.07 bits per heavy atom. The molecular weight excluding hydrogens is 368 g/mol. The van der Waals surface area contributed by atoms with E-state index in [1.54, 1.807) is 13.0 Å². The summed E-state index contributed by atoms with van der Waals surface area (Å²) in [5.41, 5.74) is 3.32. The Bertz CT molecular complexity index is 782. The van der Waals surface area contributed by atoms with Crippen LogP contribution in [0.25, 0.3) is 0 Å². The number of aryl methyl sites for hydroxylation is 1. The predicted octanol–water partition coefficient (Wildman–Crippen LogP) is 4.57. The zero-order chi connectivity index (χ0) is 20.5. The van der Waals surface area contributed by atoms with Crippen LogP contribution in [0.5, 0.6) is 0 Å². The molecule has 2 aromatic rings. The first kappa shape index (κ1) is 21.5. The summed E-state index contributed by atoms with van der Waals surface area (Å²) in [6.07, 6.45) is 3.53. The molecule has 156 valence electrons. The van der Waals surface area contributed by atoms with Crippen molar-refractivity contribution in [2.24, 2.45) is 0 Å². The average molecular weight is 398 g/mol. The second kappa shape index (κ2) is 11.1. The van der Waals surface area contributed by atoms with Gasteiger partial charge >= 0.3 is 5.97 Å². The highest BCUT2D eigenvalue weighted by atomic mass is 16.7. The topological polar surface area (TPSA) is 65.0 Å². The molecule has 1 fully saturated rings. The molecule has 5 heteroatoms. The molecule has 5 nitrogen and oxygen atoms in total. The summed E-state index contributed by atoms with van der Waals surface area (Å²) in [5, 5.41) is 10.7. The third kappa shape index (κ3) is 6.39. The molecule has 1 unspecified atom stereocenters. The van der Waals surface area contributed by atoms with Gasteiger partial charge in [0.2, 0.25) is 0 Å². The standard InChI is InChI=1S/C24H30O5/c1-2-27-24(26)21-11-4-3-9-19(21)13-14-22(25)20-10-7-8-18(16-20)17-29-23-12-5-6-15-28-23/h3-4,7-11,16,22-23,25H,2,5-6,12-15,17H2,1H3/t22-,23?/m0/s1. The average Bonchev–Trinajstić information content (AvgIpc) is 2.77. The number of esters is 1. The van der Waals surface area contributed by atoms with Crippen LogP contribution in [0.4, 0.5) is 0 Å². The van der Waals surface area contributed by atoms with Gasteiger partial charge in [0, 0.05) is 6.61 Å². The van der Waals surface area contributed by atoms with Crippen LogP contribution in [0.3, 0.4) is 0 Å². The van der Waals surface area contributed by atoms with Crippen LogP contribution < -0.4 is 0 Å². The molecule has 0 saturated carbocycles. The fourth-order valence-electron chi connectivity index (χ4n) is 3.53. The highest BCUT2D eigenvalue weighted by molar-refractivity contribution is 5.91. The zero-order valence-corrected chi connectivity index (χ0v) is 17.0. The van der Waals surface area contributed by atoms with E-state index in [1.165, 1.54) is 0 Å². The van der Waals surface area contributed by atoms with Crippen molar-refractivity contribution in [3.05, 3.63) is 70.8 Å². The molecule has 0 bridgehead atoms. The maximum atomic E-state index is 12.1. The lowest BCUT2D eigenvalue weighted by atomic mass is 9.97. The second-order valence-electron chi connectivity index (χ2n) is 7.28. The SMILES string of the molecule is CCOC(=O)c1ccccc1CC[C@H](O)c1cccc(COC2CCCCO2)c1. The number of rotatable bonds is 9. The molecule has 29 heavy (non-hydrogen) atoms. The molecule has 1 aliphatic rings. The Labute approximate surface area is 172 Å². The monoisotopic (exact) mass is 398 g/mol. The number of aliphatic hydroxyl groups is 1. The number of ether oxygens (including phenoxy) is 3. The fraction of sp³-hybridized carbons (Fsp3) is 0.458. The van der Waals surface area contributed by atoms with Crippen molar-refractivity contribution in [2.75, 3.05) is 13.2 Å². The van der Waals surface area contributed by atoms with Crippen LogP contribution in [0, 0.1) is 0 Å². The number of benzene rings is 2. The highest BCUT2D eigenvalue weighted by Gasteiger charge is 2.16. The van der Waals surface area contributed by atoms with Crippen LogP contribution in [0.1, 0.15) is 65.8 Å². The molecule has 0 aliphatic carbocycles. The first-order valence-corrected chi connectivity index (χ1v) is 10.4. The molecule has 0 radical (unpaired) electrons. The Morgan fingerprint density at radius 1 is 1.21 bits per heavy atom. The van der Waals surface area contributed by atoms with E-state index in [0.717, 1.165) is 42.6 Å². The minimum atomic E-state index is -0.615. The summed E-state index contributed by atoms with van der Waals surface area (Å²) in [6.45, 7) is 3.37. The van der Waals surface area contributed by atoms with E-state index in [0.29, 0.717) is 31.6 Å². The van der Waals surface area contributed by atoms with E-state index in [2.05, 4.69) is 0 Å². The Hall–Kier alpha value is -2.21. The number of hydrogen-bond donors (Lipinski definition) is 1. The first-order chi connectivity index (χ1) is 14.2. The summed E-state index contributed by atoms with van der Waals surface area (Å²) in [4.78, 5) is 12.1.